The summed E-state index contributed by atoms with van der Waals surface area (Å²) >= 11 is 12.1. The Kier molecular flexibility index (Phi) is 6.45. The summed E-state index contributed by atoms with van der Waals surface area (Å²) in [6.07, 6.45) is -0.797. The minimum Gasteiger partial charge on any atom is -0.481 e. The zero-order valence-corrected chi connectivity index (χ0v) is 18.7. The second kappa shape index (κ2) is 8.57. The van der Waals surface area contributed by atoms with Gasteiger partial charge in [-0.25, -0.2) is 8.42 Å². The van der Waals surface area contributed by atoms with E-state index in [2.05, 4.69) is 0 Å². The van der Waals surface area contributed by atoms with Crippen molar-refractivity contribution in [2.45, 2.75) is 42.9 Å². The van der Waals surface area contributed by atoms with Crippen molar-refractivity contribution in [3.8, 4) is 0 Å². The Labute approximate surface area is 185 Å². The first-order valence-electron chi connectivity index (χ1n) is 9.31. The molecule has 3 rings (SSSR count). The van der Waals surface area contributed by atoms with Crippen molar-refractivity contribution in [2.24, 2.45) is 0 Å². The van der Waals surface area contributed by atoms with E-state index in [1.54, 1.807) is 62.4 Å². The fourth-order valence-corrected chi connectivity index (χ4v) is 6.56. The Morgan fingerprint density at radius 3 is 2.23 bits per heavy atom. The third-order valence-electron chi connectivity index (χ3n) is 5.17. The van der Waals surface area contributed by atoms with Gasteiger partial charge in [-0.1, -0.05) is 47.5 Å². The van der Waals surface area contributed by atoms with Crippen LogP contribution in [0.15, 0.2) is 48.5 Å². The molecule has 0 aliphatic carbocycles. The normalized spacial score (nSPS) is 23.6. The number of carbonyl (C=O) groups is 2. The van der Waals surface area contributed by atoms with Crippen LogP contribution < -0.4 is 0 Å². The number of sulfone groups is 1. The zero-order valence-electron chi connectivity index (χ0n) is 16.3. The molecule has 0 unspecified atom stereocenters. The zero-order chi connectivity index (χ0) is 22.2. The van der Waals surface area contributed by atoms with Crippen LogP contribution in [0.1, 0.15) is 42.7 Å². The van der Waals surface area contributed by atoms with Crippen LogP contribution in [-0.2, 0) is 19.4 Å². The van der Waals surface area contributed by atoms with Gasteiger partial charge in [0, 0.05) is 16.1 Å². The molecular formula is C21H21Cl2NO5S. The third-order valence-corrected chi connectivity index (χ3v) is 8.06. The Morgan fingerprint density at radius 2 is 1.70 bits per heavy atom. The molecule has 1 heterocycles. The molecule has 160 valence electrons. The summed E-state index contributed by atoms with van der Waals surface area (Å²) in [5.41, 5.74) is 0.986. The van der Waals surface area contributed by atoms with Crippen molar-refractivity contribution in [2.75, 3.05) is 0 Å². The number of benzene rings is 2. The number of carboxylic acid groups (broad SMARTS) is 1. The summed E-state index contributed by atoms with van der Waals surface area (Å²) < 4.78 is 27.2. The van der Waals surface area contributed by atoms with Gasteiger partial charge in [0.2, 0.25) is 5.91 Å². The first kappa shape index (κ1) is 22.6. The first-order valence-corrected chi connectivity index (χ1v) is 11.7. The molecule has 0 saturated carbocycles. The number of rotatable bonds is 5. The Morgan fingerprint density at radius 1 is 1.07 bits per heavy atom. The molecule has 1 N–H and O–H groups in total. The van der Waals surface area contributed by atoms with Crippen LogP contribution in [-0.4, -0.2) is 41.6 Å². The molecule has 0 bridgehead atoms. The standard InChI is InChI=1S/C21H21Cl2NO5S/c1-12(2)24-19(13-6-8-15(22)9-7-13)20(14-4-3-5-16(23)10-14)30(28,29)17(21(24)27)11-18(25)26/h3-10,12,17,19-20H,11H2,1-2H3,(H,25,26)/t17-,19+,20-/m0/s1. The summed E-state index contributed by atoms with van der Waals surface area (Å²) in [6, 6.07) is 11.8. The van der Waals surface area contributed by atoms with Crippen molar-refractivity contribution < 1.29 is 23.1 Å². The molecule has 30 heavy (non-hydrogen) atoms. The second-order valence-electron chi connectivity index (χ2n) is 7.49. The Bertz CT molecular complexity index is 1070. The van der Waals surface area contributed by atoms with Gasteiger partial charge in [0.25, 0.3) is 0 Å². The van der Waals surface area contributed by atoms with Crippen molar-refractivity contribution in [3.63, 3.8) is 0 Å². The summed E-state index contributed by atoms with van der Waals surface area (Å²) in [5.74, 6) is -2.07. The van der Waals surface area contributed by atoms with Gasteiger partial charge in [-0.05, 0) is 49.2 Å². The van der Waals surface area contributed by atoms with Crippen LogP contribution >= 0.6 is 23.2 Å². The highest BCUT2D eigenvalue weighted by Gasteiger charge is 2.54. The molecule has 1 fully saturated rings. The molecule has 9 heteroatoms. The highest BCUT2D eigenvalue weighted by molar-refractivity contribution is 7.93. The van der Waals surface area contributed by atoms with Crippen molar-refractivity contribution in [1.29, 1.82) is 0 Å². The number of hydrogen-bond donors (Lipinski definition) is 1. The van der Waals surface area contributed by atoms with Crippen LogP contribution in [0, 0.1) is 0 Å². The van der Waals surface area contributed by atoms with Gasteiger partial charge in [0.1, 0.15) is 5.25 Å². The predicted octanol–water partition coefficient (Wildman–Crippen LogP) is 4.28. The van der Waals surface area contributed by atoms with E-state index in [1.165, 1.54) is 4.90 Å². The number of hydrogen-bond acceptors (Lipinski definition) is 4. The van der Waals surface area contributed by atoms with E-state index < -0.39 is 44.7 Å². The van der Waals surface area contributed by atoms with Crippen LogP contribution in [0.5, 0.6) is 0 Å². The van der Waals surface area contributed by atoms with Gasteiger partial charge >= 0.3 is 5.97 Å². The average molecular weight is 470 g/mol. The summed E-state index contributed by atoms with van der Waals surface area (Å²) in [4.78, 5) is 26.1. The third kappa shape index (κ3) is 4.19. The van der Waals surface area contributed by atoms with Crippen LogP contribution in [0.2, 0.25) is 10.0 Å². The van der Waals surface area contributed by atoms with Gasteiger partial charge in [-0.15, -0.1) is 0 Å². The highest BCUT2D eigenvalue weighted by Crippen LogP contribution is 2.47. The fraction of sp³-hybridized carbons (Fsp3) is 0.333. The van der Waals surface area contributed by atoms with Crippen molar-refractivity contribution in [3.05, 3.63) is 69.7 Å². The van der Waals surface area contributed by atoms with Gasteiger partial charge in [-0.3, -0.25) is 9.59 Å². The molecule has 3 atom stereocenters. The summed E-state index contributed by atoms with van der Waals surface area (Å²) in [5, 5.41) is 7.25. The van der Waals surface area contributed by atoms with E-state index in [1.807, 2.05) is 0 Å². The molecule has 1 amide bonds. The molecule has 1 saturated heterocycles. The smallest absolute Gasteiger partial charge is 0.305 e. The molecule has 0 radical (unpaired) electrons. The minimum absolute atomic E-state index is 0.348. The SMILES string of the molecule is CC(C)N1C(=O)[C@H](CC(=O)O)S(=O)(=O)[C@@H](c2cccc(Cl)c2)[C@H]1c1ccc(Cl)cc1. The molecule has 0 spiro atoms. The van der Waals surface area contributed by atoms with E-state index in [-0.39, 0.29) is 6.04 Å². The van der Waals surface area contributed by atoms with Gasteiger partial charge in [0.15, 0.2) is 15.1 Å². The quantitative estimate of drug-likeness (QED) is 0.704. The minimum atomic E-state index is -4.22. The van der Waals surface area contributed by atoms with Gasteiger partial charge in [-0.2, -0.15) is 0 Å². The average Bonchev–Trinajstić information content (AvgIpc) is 2.64. The predicted molar refractivity (Wildman–Crippen MR) is 115 cm³/mol. The van der Waals surface area contributed by atoms with Crippen LogP contribution in [0.3, 0.4) is 0 Å². The molecule has 0 aromatic heterocycles. The number of aliphatic carboxylic acids is 1. The second-order valence-corrected chi connectivity index (χ2v) is 10.6. The van der Waals surface area contributed by atoms with E-state index in [4.69, 9.17) is 23.2 Å². The van der Waals surface area contributed by atoms with Gasteiger partial charge in [0.05, 0.1) is 12.5 Å². The molecule has 2 aromatic carbocycles. The lowest BCUT2D eigenvalue weighted by molar-refractivity contribution is -0.143. The molecule has 1 aliphatic heterocycles. The van der Waals surface area contributed by atoms with E-state index in [0.717, 1.165) is 0 Å². The lowest BCUT2D eigenvalue weighted by atomic mass is 9.94. The van der Waals surface area contributed by atoms with Crippen molar-refractivity contribution in [1.82, 2.24) is 4.90 Å². The maximum absolute atomic E-state index is 13.6. The maximum Gasteiger partial charge on any atom is 0.305 e. The fourth-order valence-electron chi connectivity index (χ4n) is 3.94. The summed E-state index contributed by atoms with van der Waals surface area (Å²) in [7, 11) is -4.22. The van der Waals surface area contributed by atoms with E-state index in [0.29, 0.717) is 21.2 Å². The van der Waals surface area contributed by atoms with E-state index >= 15 is 0 Å². The Hall–Kier alpha value is -2.09. The van der Waals surface area contributed by atoms with Gasteiger partial charge < -0.3 is 10.0 Å². The monoisotopic (exact) mass is 469 g/mol. The maximum atomic E-state index is 13.6. The van der Waals surface area contributed by atoms with E-state index in [9.17, 15) is 23.1 Å². The number of amides is 1. The summed E-state index contributed by atoms with van der Waals surface area (Å²) in [6.45, 7) is 3.54. The topological polar surface area (TPSA) is 91.8 Å². The molecule has 2 aromatic rings. The molecular weight excluding hydrogens is 449 g/mol. The number of halogens is 2. The first-order chi connectivity index (χ1) is 14.0. The lowest BCUT2D eigenvalue weighted by Gasteiger charge is -2.46. The number of carboxylic acids is 1. The molecule has 6 nitrogen and oxygen atoms in total. The number of nitrogens with zero attached hydrogens (tertiary/aromatic N) is 1. The van der Waals surface area contributed by atoms with Crippen molar-refractivity contribution >= 4 is 44.9 Å². The Balaban J connectivity index is 2.30. The van der Waals surface area contributed by atoms with Crippen LogP contribution in [0.4, 0.5) is 0 Å². The molecule has 1 aliphatic rings. The highest BCUT2D eigenvalue weighted by atomic mass is 35.5. The number of carbonyl (C=O) groups excluding carboxylic acids is 1. The van der Waals surface area contributed by atoms with Crippen LogP contribution in [0.25, 0.3) is 0 Å². The largest absolute Gasteiger partial charge is 0.481 e. The lowest BCUT2D eigenvalue weighted by Crippen LogP contribution is -2.57.